The molecule has 0 bridgehead atoms. The van der Waals surface area contributed by atoms with Crippen LogP contribution >= 0.6 is 0 Å². The first-order chi connectivity index (χ1) is 7.07. The molecule has 0 spiro atoms. The van der Waals surface area contributed by atoms with E-state index >= 15 is 0 Å². The van der Waals surface area contributed by atoms with E-state index in [-0.39, 0.29) is 11.8 Å². The smallest absolute Gasteiger partial charge is 0.224 e. The van der Waals surface area contributed by atoms with E-state index < -0.39 is 0 Å². The van der Waals surface area contributed by atoms with Gasteiger partial charge in [0.15, 0.2) is 0 Å². The van der Waals surface area contributed by atoms with Gasteiger partial charge in [-0.1, -0.05) is 20.8 Å². The number of hydrogen-bond donors (Lipinski definition) is 2. The van der Waals surface area contributed by atoms with E-state index in [0.717, 1.165) is 13.0 Å². The lowest BCUT2D eigenvalue weighted by atomic mass is 10.2. The molecule has 4 nitrogen and oxygen atoms in total. The lowest BCUT2D eigenvalue weighted by molar-refractivity contribution is -0.124. The number of carbonyl (C=O) groups is 1. The standard InChI is InChI=1S/C11H24N2O2/c1-9(2)8-15-6-4-5-13-11(14)10(3)7-12/h9-10H,4-8,12H2,1-3H3,(H,13,14). The first kappa shape index (κ1) is 14.4. The molecule has 0 heterocycles. The summed E-state index contributed by atoms with van der Waals surface area (Å²) >= 11 is 0. The zero-order chi connectivity index (χ0) is 11.7. The number of nitrogens with one attached hydrogen (secondary N) is 1. The van der Waals surface area contributed by atoms with E-state index in [9.17, 15) is 4.79 Å². The fraction of sp³-hybridized carbons (Fsp3) is 0.909. The molecule has 3 N–H and O–H groups in total. The molecule has 0 aliphatic rings. The monoisotopic (exact) mass is 216 g/mol. The first-order valence-electron chi connectivity index (χ1n) is 5.63. The van der Waals surface area contributed by atoms with Crippen molar-refractivity contribution >= 4 is 5.91 Å². The Labute approximate surface area is 92.6 Å². The predicted octanol–water partition coefficient (Wildman–Crippen LogP) is 0.760. The molecule has 0 aliphatic heterocycles. The Kier molecular flexibility index (Phi) is 8.33. The Hall–Kier alpha value is -0.610. The van der Waals surface area contributed by atoms with Gasteiger partial charge in [-0.05, 0) is 12.3 Å². The Morgan fingerprint density at radius 3 is 2.60 bits per heavy atom. The molecule has 0 aliphatic carbocycles. The van der Waals surface area contributed by atoms with Crippen LogP contribution in [0.4, 0.5) is 0 Å². The van der Waals surface area contributed by atoms with Gasteiger partial charge >= 0.3 is 0 Å². The number of amides is 1. The summed E-state index contributed by atoms with van der Waals surface area (Å²) in [5.41, 5.74) is 5.37. The minimum absolute atomic E-state index is 0.0290. The van der Waals surface area contributed by atoms with Gasteiger partial charge in [-0.25, -0.2) is 0 Å². The average Bonchev–Trinajstić information content (AvgIpc) is 2.21. The van der Waals surface area contributed by atoms with Crippen molar-refractivity contribution in [2.24, 2.45) is 17.6 Å². The molecule has 0 aromatic carbocycles. The molecule has 90 valence electrons. The van der Waals surface area contributed by atoms with E-state index in [1.54, 1.807) is 0 Å². The van der Waals surface area contributed by atoms with Crippen LogP contribution in [0.2, 0.25) is 0 Å². The van der Waals surface area contributed by atoms with Crippen LogP contribution < -0.4 is 11.1 Å². The highest BCUT2D eigenvalue weighted by atomic mass is 16.5. The quantitative estimate of drug-likeness (QED) is 0.589. The van der Waals surface area contributed by atoms with Gasteiger partial charge in [0.25, 0.3) is 0 Å². The number of hydrogen-bond acceptors (Lipinski definition) is 3. The fourth-order valence-electron chi connectivity index (χ4n) is 0.986. The number of rotatable bonds is 8. The molecule has 0 saturated carbocycles. The minimum atomic E-state index is -0.0958. The zero-order valence-electron chi connectivity index (χ0n) is 10.1. The topological polar surface area (TPSA) is 64.3 Å². The minimum Gasteiger partial charge on any atom is -0.381 e. The Morgan fingerprint density at radius 1 is 1.40 bits per heavy atom. The fourth-order valence-corrected chi connectivity index (χ4v) is 0.986. The van der Waals surface area contributed by atoms with Gasteiger partial charge in [-0.3, -0.25) is 4.79 Å². The molecular weight excluding hydrogens is 192 g/mol. The van der Waals surface area contributed by atoms with Gasteiger partial charge in [-0.15, -0.1) is 0 Å². The average molecular weight is 216 g/mol. The van der Waals surface area contributed by atoms with Crippen LogP contribution in [-0.4, -0.2) is 32.2 Å². The summed E-state index contributed by atoms with van der Waals surface area (Å²) in [4.78, 5) is 11.3. The summed E-state index contributed by atoms with van der Waals surface area (Å²) in [6.07, 6.45) is 0.857. The molecule has 0 aromatic rings. The molecule has 0 rings (SSSR count). The number of nitrogens with two attached hydrogens (primary N) is 1. The number of ether oxygens (including phenoxy) is 1. The number of carbonyl (C=O) groups excluding carboxylic acids is 1. The van der Waals surface area contributed by atoms with Gasteiger partial charge in [0.2, 0.25) is 5.91 Å². The van der Waals surface area contributed by atoms with Gasteiger partial charge in [0, 0.05) is 32.2 Å². The third-order valence-electron chi connectivity index (χ3n) is 2.02. The van der Waals surface area contributed by atoms with E-state index in [1.165, 1.54) is 0 Å². The summed E-state index contributed by atoms with van der Waals surface area (Å²) in [6, 6.07) is 0. The van der Waals surface area contributed by atoms with Gasteiger partial charge in [-0.2, -0.15) is 0 Å². The van der Waals surface area contributed by atoms with Gasteiger partial charge in [0.1, 0.15) is 0 Å². The molecular formula is C11H24N2O2. The van der Waals surface area contributed by atoms with Crippen LogP contribution in [0.25, 0.3) is 0 Å². The molecule has 0 saturated heterocycles. The lowest BCUT2D eigenvalue weighted by Crippen LogP contribution is -2.34. The van der Waals surface area contributed by atoms with Crippen molar-refractivity contribution in [3.05, 3.63) is 0 Å². The molecule has 0 radical (unpaired) electrons. The second-order valence-electron chi connectivity index (χ2n) is 4.25. The predicted molar refractivity (Wildman–Crippen MR) is 61.5 cm³/mol. The lowest BCUT2D eigenvalue weighted by Gasteiger charge is -2.10. The molecule has 0 aromatic heterocycles. The van der Waals surface area contributed by atoms with Crippen LogP contribution in [0.1, 0.15) is 27.2 Å². The maximum absolute atomic E-state index is 11.3. The van der Waals surface area contributed by atoms with Crippen molar-refractivity contribution in [2.45, 2.75) is 27.2 Å². The first-order valence-corrected chi connectivity index (χ1v) is 5.63. The van der Waals surface area contributed by atoms with Crippen LogP contribution in [0.3, 0.4) is 0 Å². The summed E-state index contributed by atoms with van der Waals surface area (Å²) in [5, 5.41) is 2.82. The highest BCUT2D eigenvalue weighted by Gasteiger charge is 2.08. The summed E-state index contributed by atoms with van der Waals surface area (Å²) in [5.74, 6) is 0.500. The van der Waals surface area contributed by atoms with Crippen molar-refractivity contribution in [3.63, 3.8) is 0 Å². The maximum Gasteiger partial charge on any atom is 0.224 e. The van der Waals surface area contributed by atoms with Crippen molar-refractivity contribution in [2.75, 3.05) is 26.3 Å². The Balaban J connectivity index is 3.27. The van der Waals surface area contributed by atoms with Crippen LogP contribution in [-0.2, 0) is 9.53 Å². The second kappa shape index (κ2) is 8.68. The molecule has 4 heteroatoms. The summed E-state index contributed by atoms with van der Waals surface area (Å²) < 4.78 is 5.39. The molecule has 15 heavy (non-hydrogen) atoms. The van der Waals surface area contributed by atoms with Gasteiger partial charge in [0.05, 0.1) is 0 Å². The molecule has 1 atom stereocenters. The van der Waals surface area contributed by atoms with Crippen LogP contribution in [0, 0.1) is 11.8 Å². The van der Waals surface area contributed by atoms with Gasteiger partial charge < -0.3 is 15.8 Å². The summed E-state index contributed by atoms with van der Waals surface area (Å²) in [7, 11) is 0. The van der Waals surface area contributed by atoms with Crippen LogP contribution in [0.15, 0.2) is 0 Å². The van der Waals surface area contributed by atoms with Crippen molar-refractivity contribution in [1.82, 2.24) is 5.32 Å². The SMILES string of the molecule is CC(C)COCCCNC(=O)C(C)CN. The third-order valence-corrected chi connectivity index (χ3v) is 2.02. The Morgan fingerprint density at radius 2 is 2.07 bits per heavy atom. The second-order valence-corrected chi connectivity index (χ2v) is 4.25. The zero-order valence-corrected chi connectivity index (χ0v) is 10.1. The van der Waals surface area contributed by atoms with Crippen molar-refractivity contribution in [1.29, 1.82) is 0 Å². The molecule has 1 amide bonds. The van der Waals surface area contributed by atoms with Crippen LogP contribution in [0.5, 0.6) is 0 Å². The third kappa shape index (κ3) is 8.39. The normalized spacial score (nSPS) is 12.9. The highest BCUT2D eigenvalue weighted by Crippen LogP contribution is 1.94. The van der Waals surface area contributed by atoms with E-state index in [0.29, 0.717) is 25.6 Å². The van der Waals surface area contributed by atoms with E-state index in [4.69, 9.17) is 10.5 Å². The van der Waals surface area contributed by atoms with Crippen molar-refractivity contribution < 1.29 is 9.53 Å². The molecule has 1 unspecified atom stereocenters. The highest BCUT2D eigenvalue weighted by molar-refractivity contribution is 5.78. The van der Waals surface area contributed by atoms with E-state index in [2.05, 4.69) is 19.2 Å². The largest absolute Gasteiger partial charge is 0.381 e. The summed E-state index contributed by atoms with van der Waals surface area (Å²) in [6.45, 7) is 8.61. The van der Waals surface area contributed by atoms with Crippen molar-refractivity contribution in [3.8, 4) is 0 Å². The van der Waals surface area contributed by atoms with E-state index in [1.807, 2.05) is 6.92 Å². The molecule has 0 fully saturated rings. The Bertz CT molecular complexity index is 172. The maximum atomic E-state index is 11.3.